The zero-order valence-corrected chi connectivity index (χ0v) is 13.1. The van der Waals surface area contributed by atoms with E-state index >= 15 is 0 Å². The third-order valence-corrected chi connectivity index (χ3v) is 3.69. The number of pyridine rings is 1. The molecule has 0 radical (unpaired) electrons. The number of nitrogens with one attached hydrogen (secondary N) is 1. The zero-order chi connectivity index (χ0) is 16.2. The van der Waals surface area contributed by atoms with Crippen molar-refractivity contribution in [2.45, 2.75) is 26.4 Å². The van der Waals surface area contributed by atoms with E-state index in [1.807, 2.05) is 18.2 Å². The Morgan fingerprint density at radius 2 is 2.35 bits per heavy atom. The molecule has 1 unspecified atom stereocenters. The molecular formula is C16H19N5O2. The molecule has 0 fully saturated rings. The Bertz CT molecular complexity index is 696. The van der Waals surface area contributed by atoms with Crippen molar-refractivity contribution in [2.75, 3.05) is 6.54 Å². The van der Waals surface area contributed by atoms with Gasteiger partial charge in [0.05, 0.1) is 12.6 Å². The van der Waals surface area contributed by atoms with Crippen LogP contribution in [0.3, 0.4) is 0 Å². The van der Waals surface area contributed by atoms with Gasteiger partial charge in [-0.05, 0) is 18.1 Å². The van der Waals surface area contributed by atoms with Crippen LogP contribution < -0.4 is 5.32 Å². The average molecular weight is 313 g/mol. The van der Waals surface area contributed by atoms with Crippen molar-refractivity contribution >= 4 is 6.03 Å². The molecule has 2 aromatic rings. The van der Waals surface area contributed by atoms with Crippen LogP contribution >= 0.6 is 0 Å². The number of urea groups is 1. The van der Waals surface area contributed by atoms with Gasteiger partial charge in [-0.25, -0.2) is 4.79 Å². The Labute approximate surface area is 134 Å². The maximum Gasteiger partial charge on any atom is 0.318 e. The molecule has 7 nitrogen and oxygen atoms in total. The number of carbonyl (C=O) groups excluding carboxylic acids is 1. The summed E-state index contributed by atoms with van der Waals surface area (Å²) < 4.78 is 5.16. The second-order valence-electron chi connectivity index (χ2n) is 5.70. The lowest BCUT2D eigenvalue weighted by molar-refractivity contribution is 0.183. The highest BCUT2D eigenvalue weighted by Gasteiger charge is 2.27. The first kappa shape index (κ1) is 15.2. The fraction of sp³-hybridized carbons (Fsp3) is 0.375. The standard InChI is InChI=1S/C16H19N5O2/c1-11(2)13-7-5-9-21(13)16(22)18-10-14-19-15(20-23-14)12-6-3-4-8-17-12/h3-8,11,13H,9-10H2,1-2H3,(H,18,22). The molecule has 0 saturated heterocycles. The molecule has 2 aromatic heterocycles. The Morgan fingerprint density at radius 1 is 1.48 bits per heavy atom. The highest BCUT2D eigenvalue weighted by Crippen LogP contribution is 2.18. The van der Waals surface area contributed by atoms with E-state index in [0.717, 1.165) is 0 Å². The summed E-state index contributed by atoms with van der Waals surface area (Å²) in [7, 11) is 0. The van der Waals surface area contributed by atoms with Gasteiger partial charge in [-0.1, -0.05) is 37.2 Å². The fourth-order valence-corrected chi connectivity index (χ4v) is 2.52. The number of rotatable bonds is 4. The van der Waals surface area contributed by atoms with Gasteiger partial charge in [-0.3, -0.25) is 4.98 Å². The molecule has 0 aromatic carbocycles. The summed E-state index contributed by atoms with van der Waals surface area (Å²) >= 11 is 0. The minimum Gasteiger partial charge on any atom is -0.337 e. The highest BCUT2D eigenvalue weighted by atomic mass is 16.5. The summed E-state index contributed by atoms with van der Waals surface area (Å²) in [6.45, 7) is 5.01. The lowest BCUT2D eigenvalue weighted by atomic mass is 10.1. The van der Waals surface area contributed by atoms with Gasteiger partial charge in [0, 0.05) is 12.7 Å². The van der Waals surface area contributed by atoms with Gasteiger partial charge in [0.1, 0.15) is 5.69 Å². The van der Waals surface area contributed by atoms with Gasteiger partial charge >= 0.3 is 6.03 Å². The quantitative estimate of drug-likeness (QED) is 0.875. The fourth-order valence-electron chi connectivity index (χ4n) is 2.52. The smallest absolute Gasteiger partial charge is 0.318 e. The lowest BCUT2D eigenvalue weighted by Crippen LogP contribution is -2.44. The molecule has 1 aliphatic heterocycles. The second-order valence-corrected chi connectivity index (χ2v) is 5.70. The predicted octanol–water partition coefficient (Wildman–Crippen LogP) is 2.24. The molecule has 0 spiro atoms. The highest BCUT2D eigenvalue weighted by molar-refractivity contribution is 5.75. The van der Waals surface area contributed by atoms with Crippen LogP contribution in [-0.4, -0.2) is 38.6 Å². The van der Waals surface area contributed by atoms with Gasteiger partial charge in [0.2, 0.25) is 11.7 Å². The third-order valence-electron chi connectivity index (χ3n) is 3.69. The van der Waals surface area contributed by atoms with Gasteiger partial charge in [0.25, 0.3) is 0 Å². The van der Waals surface area contributed by atoms with Crippen LogP contribution in [0, 0.1) is 5.92 Å². The maximum absolute atomic E-state index is 12.3. The Kier molecular flexibility index (Phi) is 4.36. The Morgan fingerprint density at radius 3 is 3.09 bits per heavy atom. The molecule has 2 amide bonds. The van der Waals surface area contributed by atoms with Crippen molar-refractivity contribution in [1.29, 1.82) is 0 Å². The molecule has 1 aliphatic rings. The van der Waals surface area contributed by atoms with Crippen molar-refractivity contribution in [3.8, 4) is 11.5 Å². The second kappa shape index (κ2) is 6.60. The minimum atomic E-state index is -0.133. The predicted molar refractivity (Wildman–Crippen MR) is 84.2 cm³/mol. The number of carbonyl (C=O) groups is 1. The SMILES string of the molecule is CC(C)C1C=CCN1C(=O)NCc1nc(-c2ccccn2)no1. The lowest BCUT2D eigenvalue weighted by Gasteiger charge is -2.27. The van der Waals surface area contributed by atoms with E-state index in [1.165, 1.54) is 0 Å². The number of hydrogen-bond donors (Lipinski definition) is 1. The van der Waals surface area contributed by atoms with Crippen LogP contribution in [-0.2, 0) is 6.54 Å². The summed E-state index contributed by atoms with van der Waals surface area (Å²) in [5.74, 6) is 1.14. The molecular weight excluding hydrogens is 294 g/mol. The molecule has 1 N–H and O–H groups in total. The number of hydrogen-bond acceptors (Lipinski definition) is 5. The Balaban J connectivity index is 1.59. The summed E-state index contributed by atoms with van der Waals surface area (Å²) in [5, 5.41) is 6.70. The molecule has 7 heteroatoms. The molecule has 3 rings (SSSR count). The first-order valence-electron chi connectivity index (χ1n) is 7.60. The number of nitrogens with zero attached hydrogens (tertiary/aromatic N) is 4. The van der Waals surface area contributed by atoms with Gasteiger partial charge in [-0.2, -0.15) is 4.98 Å². The maximum atomic E-state index is 12.3. The summed E-state index contributed by atoms with van der Waals surface area (Å²) in [6.07, 6.45) is 5.74. The largest absolute Gasteiger partial charge is 0.337 e. The van der Waals surface area contributed by atoms with E-state index in [0.29, 0.717) is 29.9 Å². The van der Waals surface area contributed by atoms with Crippen molar-refractivity contribution < 1.29 is 9.32 Å². The monoisotopic (exact) mass is 313 g/mol. The first-order valence-corrected chi connectivity index (χ1v) is 7.60. The van der Waals surface area contributed by atoms with Crippen LogP contribution in [0.25, 0.3) is 11.5 Å². The topological polar surface area (TPSA) is 84.2 Å². The van der Waals surface area contributed by atoms with E-state index in [1.54, 1.807) is 17.2 Å². The van der Waals surface area contributed by atoms with Crippen molar-refractivity contribution in [3.63, 3.8) is 0 Å². The Hall–Kier alpha value is -2.70. The summed E-state index contributed by atoms with van der Waals surface area (Å²) in [4.78, 5) is 22.5. The normalized spacial score (nSPS) is 17.0. The molecule has 0 saturated carbocycles. The van der Waals surface area contributed by atoms with Gasteiger partial charge in [-0.15, -0.1) is 0 Å². The van der Waals surface area contributed by atoms with Gasteiger partial charge < -0.3 is 14.7 Å². The van der Waals surface area contributed by atoms with Crippen molar-refractivity contribution in [2.24, 2.45) is 5.92 Å². The van der Waals surface area contributed by atoms with Crippen LogP contribution in [0.15, 0.2) is 41.1 Å². The first-order chi connectivity index (χ1) is 11.1. The molecule has 3 heterocycles. The zero-order valence-electron chi connectivity index (χ0n) is 13.1. The van der Waals surface area contributed by atoms with Gasteiger partial charge in [0.15, 0.2) is 0 Å². The minimum absolute atomic E-state index is 0.127. The van der Waals surface area contributed by atoms with E-state index in [9.17, 15) is 4.79 Å². The molecule has 23 heavy (non-hydrogen) atoms. The van der Waals surface area contributed by atoms with E-state index < -0.39 is 0 Å². The van der Waals surface area contributed by atoms with Crippen molar-refractivity contribution in [3.05, 3.63) is 42.4 Å². The van der Waals surface area contributed by atoms with Crippen LogP contribution in [0.1, 0.15) is 19.7 Å². The molecule has 0 bridgehead atoms. The summed E-state index contributed by atoms with van der Waals surface area (Å²) in [6, 6.07) is 5.47. The number of amides is 2. The number of aromatic nitrogens is 3. The van der Waals surface area contributed by atoms with Crippen LogP contribution in [0.5, 0.6) is 0 Å². The molecule has 1 atom stereocenters. The average Bonchev–Trinajstić information content (AvgIpc) is 3.23. The molecule has 120 valence electrons. The molecule has 0 aliphatic carbocycles. The van der Waals surface area contributed by atoms with Crippen molar-refractivity contribution in [1.82, 2.24) is 25.3 Å². The van der Waals surface area contributed by atoms with Crippen LogP contribution in [0.4, 0.5) is 4.79 Å². The third kappa shape index (κ3) is 3.39. The van der Waals surface area contributed by atoms with E-state index in [4.69, 9.17) is 4.52 Å². The summed E-state index contributed by atoms with van der Waals surface area (Å²) in [5.41, 5.74) is 0.637. The van der Waals surface area contributed by atoms with Crippen LogP contribution in [0.2, 0.25) is 0 Å². The van der Waals surface area contributed by atoms with E-state index in [2.05, 4.69) is 40.4 Å². The van der Waals surface area contributed by atoms with E-state index in [-0.39, 0.29) is 18.6 Å².